The number of carbonyl (C=O) groups is 1. The molecule has 4 rings (SSSR count). The van der Waals surface area contributed by atoms with E-state index in [1.54, 1.807) is 0 Å². The van der Waals surface area contributed by atoms with Gasteiger partial charge < -0.3 is 10.1 Å². The average molecular weight is 432 g/mol. The van der Waals surface area contributed by atoms with Crippen LogP contribution in [0.4, 0.5) is 33.7 Å². The Morgan fingerprint density at radius 2 is 1.84 bits per heavy atom. The van der Waals surface area contributed by atoms with Gasteiger partial charge in [-0.2, -0.15) is 13.2 Å². The third-order valence-electron chi connectivity index (χ3n) is 4.89. The van der Waals surface area contributed by atoms with Crippen LogP contribution >= 0.6 is 0 Å². The summed E-state index contributed by atoms with van der Waals surface area (Å²) >= 11 is 0. The molecule has 0 radical (unpaired) electrons. The molecule has 160 valence electrons. The van der Waals surface area contributed by atoms with Crippen molar-refractivity contribution < 1.29 is 27.1 Å². The highest BCUT2D eigenvalue weighted by atomic mass is 19.4. The molecule has 31 heavy (non-hydrogen) atoms. The lowest BCUT2D eigenvalue weighted by molar-refractivity contribution is -0.138. The zero-order valence-corrected chi connectivity index (χ0v) is 16.2. The van der Waals surface area contributed by atoms with Crippen LogP contribution in [0.3, 0.4) is 0 Å². The lowest BCUT2D eigenvalue weighted by atomic mass is 10.1. The number of hydrogen-bond acceptors (Lipinski definition) is 4. The Morgan fingerprint density at radius 1 is 1.10 bits per heavy atom. The van der Waals surface area contributed by atoms with Crippen molar-refractivity contribution in [2.24, 2.45) is 0 Å². The molecule has 0 bridgehead atoms. The normalized spacial score (nSPS) is 13.1. The maximum absolute atomic E-state index is 14.1. The van der Waals surface area contributed by atoms with Gasteiger partial charge in [-0.3, -0.25) is 4.90 Å². The first-order valence-corrected chi connectivity index (χ1v) is 9.19. The van der Waals surface area contributed by atoms with Crippen molar-refractivity contribution in [2.45, 2.75) is 12.6 Å². The molecule has 2 aromatic carbocycles. The SMILES string of the molecule is COc1cc2c(cc1C(F)(F)F)N(C(=O)Nc1cc(F)cc(-c3cncnc3)c1)CC2. The van der Waals surface area contributed by atoms with Gasteiger partial charge in [0.15, 0.2) is 0 Å². The van der Waals surface area contributed by atoms with E-state index in [9.17, 15) is 22.4 Å². The van der Waals surface area contributed by atoms with Crippen molar-refractivity contribution in [1.82, 2.24) is 9.97 Å². The topological polar surface area (TPSA) is 67.3 Å². The van der Waals surface area contributed by atoms with E-state index in [0.29, 0.717) is 23.1 Å². The highest BCUT2D eigenvalue weighted by molar-refractivity contribution is 6.03. The van der Waals surface area contributed by atoms with Crippen molar-refractivity contribution in [2.75, 3.05) is 23.9 Å². The number of anilines is 2. The first-order chi connectivity index (χ1) is 14.8. The van der Waals surface area contributed by atoms with Crippen LogP contribution in [-0.4, -0.2) is 29.7 Å². The third-order valence-corrected chi connectivity index (χ3v) is 4.89. The maximum Gasteiger partial charge on any atom is 0.420 e. The average Bonchev–Trinajstić information content (AvgIpc) is 3.15. The van der Waals surface area contributed by atoms with Gasteiger partial charge in [0.25, 0.3) is 0 Å². The van der Waals surface area contributed by atoms with Crippen LogP contribution in [-0.2, 0) is 12.6 Å². The quantitative estimate of drug-likeness (QED) is 0.598. The molecule has 0 fully saturated rings. The lowest BCUT2D eigenvalue weighted by Crippen LogP contribution is -2.33. The predicted octanol–water partition coefficient (Wildman–Crippen LogP) is 4.90. The van der Waals surface area contributed by atoms with Gasteiger partial charge in [-0.15, -0.1) is 0 Å². The van der Waals surface area contributed by atoms with E-state index in [1.807, 2.05) is 0 Å². The maximum atomic E-state index is 14.1. The van der Waals surface area contributed by atoms with Gasteiger partial charge in [0, 0.05) is 35.9 Å². The van der Waals surface area contributed by atoms with E-state index in [1.165, 1.54) is 41.8 Å². The number of ether oxygens (including phenoxy) is 1. The van der Waals surface area contributed by atoms with Crippen molar-refractivity contribution >= 4 is 17.4 Å². The number of amides is 2. The molecule has 1 aromatic heterocycles. The van der Waals surface area contributed by atoms with Crippen LogP contribution in [0.15, 0.2) is 49.1 Å². The largest absolute Gasteiger partial charge is 0.496 e. The molecule has 2 heterocycles. The van der Waals surface area contributed by atoms with Gasteiger partial charge in [-0.1, -0.05) is 0 Å². The minimum Gasteiger partial charge on any atom is -0.496 e. The minimum absolute atomic E-state index is 0.138. The molecule has 0 unspecified atom stereocenters. The first kappa shape index (κ1) is 20.6. The smallest absolute Gasteiger partial charge is 0.420 e. The lowest BCUT2D eigenvalue weighted by Gasteiger charge is -2.20. The second kappa shape index (κ2) is 7.86. The standard InChI is InChI=1S/C21H16F4N4O2/c1-31-19-6-12-2-3-29(18(12)8-17(19)21(23,24)25)20(30)28-16-5-13(4-15(22)7-16)14-9-26-11-27-10-14/h4-11H,2-3H2,1H3,(H,28,30). The Labute approximate surface area is 174 Å². The van der Waals surface area contributed by atoms with E-state index in [-0.39, 0.29) is 23.7 Å². The number of carbonyl (C=O) groups excluding carboxylic acids is 1. The van der Waals surface area contributed by atoms with E-state index < -0.39 is 23.6 Å². The predicted molar refractivity (Wildman–Crippen MR) is 105 cm³/mol. The second-order valence-corrected chi connectivity index (χ2v) is 6.87. The Morgan fingerprint density at radius 3 is 2.52 bits per heavy atom. The summed E-state index contributed by atoms with van der Waals surface area (Å²) in [6, 6.07) is 5.45. The molecule has 6 nitrogen and oxygen atoms in total. The third kappa shape index (κ3) is 4.14. The number of benzene rings is 2. The van der Waals surface area contributed by atoms with Crippen LogP contribution in [0, 0.1) is 5.82 Å². The fraction of sp³-hybridized carbons (Fsp3) is 0.190. The van der Waals surface area contributed by atoms with E-state index in [4.69, 9.17) is 4.74 Å². The molecule has 1 aliphatic heterocycles. The second-order valence-electron chi connectivity index (χ2n) is 6.87. The summed E-state index contributed by atoms with van der Waals surface area (Å²) in [5, 5.41) is 2.56. The fourth-order valence-electron chi connectivity index (χ4n) is 3.48. The molecule has 0 atom stereocenters. The molecule has 3 aromatic rings. The summed E-state index contributed by atoms with van der Waals surface area (Å²) in [5.74, 6) is -0.893. The van der Waals surface area contributed by atoms with E-state index in [2.05, 4.69) is 15.3 Å². The Bertz CT molecular complexity index is 1140. The molecular weight excluding hydrogens is 416 g/mol. The number of nitrogens with zero attached hydrogens (tertiary/aromatic N) is 3. The summed E-state index contributed by atoms with van der Waals surface area (Å²) in [4.78, 5) is 21.8. The van der Waals surface area contributed by atoms with Crippen LogP contribution in [0.2, 0.25) is 0 Å². The van der Waals surface area contributed by atoms with Gasteiger partial charge in [-0.25, -0.2) is 19.2 Å². The molecular formula is C21H16F4N4O2. The van der Waals surface area contributed by atoms with Gasteiger partial charge in [0.05, 0.1) is 12.7 Å². The van der Waals surface area contributed by atoms with Gasteiger partial charge in [-0.05, 0) is 47.9 Å². The van der Waals surface area contributed by atoms with Gasteiger partial charge in [0.1, 0.15) is 17.9 Å². The van der Waals surface area contributed by atoms with Crippen LogP contribution in [0.25, 0.3) is 11.1 Å². The number of aromatic nitrogens is 2. The monoisotopic (exact) mass is 432 g/mol. The zero-order valence-electron chi connectivity index (χ0n) is 16.2. The van der Waals surface area contributed by atoms with Crippen molar-refractivity contribution in [3.05, 3.63) is 66.0 Å². The van der Waals surface area contributed by atoms with Crippen molar-refractivity contribution in [3.63, 3.8) is 0 Å². The number of halogens is 4. The molecule has 2 amide bonds. The summed E-state index contributed by atoms with van der Waals surface area (Å²) in [6.07, 6.45) is 0.0557. The van der Waals surface area contributed by atoms with E-state index in [0.717, 1.165) is 19.2 Å². The number of methoxy groups -OCH3 is 1. The number of rotatable bonds is 3. The minimum atomic E-state index is -4.64. The zero-order chi connectivity index (χ0) is 22.2. The Hall–Kier alpha value is -3.69. The molecule has 1 aliphatic rings. The summed E-state index contributed by atoms with van der Waals surface area (Å²) in [7, 11) is 1.16. The Balaban J connectivity index is 1.63. The highest BCUT2D eigenvalue weighted by Gasteiger charge is 2.37. The molecule has 0 spiro atoms. The number of urea groups is 1. The summed E-state index contributed by atoms with van der Waals surface area (Å²) in [6.45, 7) is 0.181. The Kier molecular flexibility index (Phi) is 5.22. The molecule has 0 saturated heterocycles. The van der Waals surface area contributed by atoms with Crippen molar-refractivity contribution in [3.8, 4) is 16.9 Å². The van der Waals surface area contributed by atoms with Crippen LogP contribution in [0.1, 0.15) is 11.1 Å². The van der Waals surface area contributed by atoms with Crippen LogP contribution in [0.5, 0.6) is 5.75 Å². The first-order valence-electron chi connectivity index (χ1n) is 9.19. The van der Waals surface area contributed by atoms with Crippen molar-refractivity contribution in [1.29, 1.82) is 0 Å². The van der Waals surface area contributed by atoms with Gasteiger partial charge >= 0.3 is 12.2 Å². The van der Waals surface area contributed by atoms with Crippen LogP contribution < -0.4 is 15.0 Å². The molecule has 10 heteroatoms. The summed E-state index contributed by atoms with van der Waals surface area (Å²) in [5.41, 5.74) is 0.875. The number of alkyl halides is 3. The fourth-order valence-corrected chi connectivity index (χ4v) is 3.48. The molecule has 0 aliphatic carbocycles. The number of nitrogens with one attached hydrogen (secondary N) is 1. The molecule has 1 N–H and O–H groups in total. The van der Waals surface area contributed by atoms with Gasteiger partial charge in [0.2, 0.25) is 0 Å². The summed E-state index contributed by atoms with van der Waals surface area (Å²) < 4.78 is 59.1. The molecule has 0 saturated carbocycles. The van der Waals surface area contributed by atoms with E-state index >= 15 is 0 Å². The highest BCUT2D eigenvalue weighted by Crippen LogP contribution is 2.42. The number of fused-ring (bicyclic) bond motifs is 1. The number of hydrogen-bond donors (Lipinski definition) is 1.